The molecule has 1 aromatic heterocycles. The maximum absolute atomic E-state index is 8.60. The van der Waals surface area contributed by atoms with Crippen molar-refractivity contribution in [2.24, 2.45) is 0 Å². The Morgan fingerprint density at radius 2 is 2.20 bits per heavy atom. The zero-order chi connectivity index (χ0) is 7.72. The van der Waals surface area contributed by atoms with E-state index in [0.29, 0.717) is 5.69 Å². The van der Waals surface area contributed by atoms with E-state index in [1.807, 2.05) is 13.8 Å². The van der Waals surface area contributed by atoms with Gasteiger partial charge in [0.15, 0.2) is 5.69 Å². The standard InChI is InChI=1S/C6H6IN3/c1-4-6(3-8)10(7)5(2)9-4/h1-2H3. The summed E-state index contributed by atoms with van der Waals surface area (Å²) in [6, 6.07) is 2.08. The summed E-state index contributed by atoms with van der Waals surface area (Å²) in [6.07, 6.45) is 0. The summed E-state index contributed by atoms with van der Waals surface area (Å²) in [6.45, 7) is 3.71. The molecule has 4 heteroatoms. The molecule has 0 radical (unpaired) electrons. The average molecular weight is 247 g/mol. The largest absolute Gasteiger partial charge is 0.259 e. The van der Waals surface area contributed by atoms with Gasteiger partial charge >= 0.3 is 0 Å². The molecule has 52 valence electrons. The van der Waals surface area contributed by atoms with Gasteiger partial charge in [-0.3, -0.25) is 2.78 Å². The highest BCUT2D eigenvalue weighted by Gasteiger charge is 2.06. The van der Waals surface area contributed by atoms with Crippen molar-refractivity contribution < 1.29 is 0 Å². The van der Waals surface area contributed by atoms with E-state index in [-0.39, 0.29) is 0 Å². The van der Waals surface area contributed by atoms with Crippen molar-refractivity contribution in [2.75, 3.05) is 0 Å². The smallest absolute Gasteiger partial charge is 0.152 e. The lowest BCUT2D eigenvalue weighted by molar-refractivity contribution is 1.11. The number of nitrogens with zero attached hydrogens (tertiary/aromatic N) is 3. The zero-order valence-corrected chi connectivity index (χ0v) is 7.88. The predicted molar refractivity (Wildman–Crippen MR) is 45.8 cm³/mol. The number of nitriles is 1. The molecular formula is C6H6IN3. The van der Waals surface area contributed by atoms with Gasteiger partial charge in [0.05, 0.1) is 28.6 Å². The van der Waals surface area contributed by atoms with Crippen LogP contribution in [0.3, 0.4) is 0 Å². The van der Waals surface area contributed by atoms with Gasteiger partial charge in [-0.15, -0.1) is 0 Å². The zero-order valence-electron chi connectivity index (χ0n) is 5.72. The van der Waals surface area contributed by atoms with E-state index in [0.717, 1.165) is 11.5 Å². The molecule has 0 saturated heterocycles. The van der Waals surface area contributed by atoms with Crippen molar-refractivity contribution in [2.45, 2.75) is 13.8 Å². The van der Waals surface area contributed by atoms with E-state index in [9.17, 15) is 0 Å². The Balaban J connectivity index is 3.37. The normalized spacial score (nSPS) is 9.40. The van der Waals surface area contributed by atoms with Crippen LogP contribution in [0.15, 0.2) is 0 Å². The molecule has 0 unspecified atom stereocenters. The predicted octanol–water partition coefficient (Wildman–Crippen LogP) is 1.57. The van der Waals surface area contributed by atoms with E-state index in [1.54, 1.807) is 2.78 Å². The molecule has 0 aliphatic carbocycles. The minimum atomic E-state index is 0.637. The van der Waals surface area contributed by atoms with Crippen LogP contribution in [0.5, 0.6) is 0 Å². The monoisotopic (exact) mass is 247 g/mol. The highest BCUT2D eigenvalue weighted by Crippen LogP contribution is 2.11. The molecular weight excluding hydrogens is 241 g/mol. The highest BCUT2D eigenvalue weighted by molar-refractivity contribution is 14.1. The molecule has 0 spiro atoms. The highest BCUT2D eigenvalue weighted by atomic mass is 127. The molecule has 0 fully saturated rings. The van der Waals surface area contributed by atoms with E-state index >= 15 is 0 Å². The second kappa shape index (κ2) is 2.58. The van der Waals surface area contributed by atoms with Gasteiger partial charge in [0.1, 0.15) is 11.9 Å². The van der Waals surface area contributed by atoms with Crippen LogP contribution in [0.2, 0.25) is 0 Å². The van der Waals surface area contributed by atoms with E-state index in [4.69, 9.17) is 5.26 Å². The number of aromatic nitrogens is 2. The molecule has 0 aliphatic heterocycles. The van der Waals surface area contributed by atoms with E-state index in [1.165, 1.54) is 0 Å². The molecule has 1 rings (SSSR count). The van der Waals surface area contributed by atoms with Gasteiger partial charge in [0.25, 0.3) is 0 Å². The summed E-state index contributed by atoms with van der Waals surface area (Å²) in [4.78, 5) is 4.11. The average Bonchev–Trinajstić information content (AvgIpc) is 2.09. The van der Waals surface area contributed by atoms with Crippen LogP contribution in [-0.4, -0.2) is 7.76 Å². The molecule has 0 aromatic carbocycles. The third kappa shape index (κ3) is 1.01. The van der Waals surface area contributed by atoms with Crippen LogP contribution >= 0.6 is 22.9 Å². The second-order valence-corrected chi connectivity index (χ2v) is 2.95. The van der Waals surface area contributed by atoms with Gasteiger partial charge in [0, 0.05) is 0 Å². The molecule has 10 heavy (non-hydrogen) atoms. The fraction of sp³-hybridized carbons (Fsp3) is 0.333. The first-order valence-electron chi connectivity index (χ1n) is 2.79. The molecule has 0 N–H and O–H groups in total. The van der Waals surface area contributed by atoms with E-state index < -0.39 is 0 Å². The second-order valence-electron chi connectivity index (χ2n) is 1.99. The van der Waals surface area contributed by atoms with E-state index in [2.05, 4.69) is 33.9 Å². The van der Waals surface area contributed by atoms with Crippen molar-refractivity contribution in [3.8, 4) is 6.07 Å². The summed E-state index contributed by atoms with van der Waals surface area (Å²) in [5, 5.41) is 8.60. The lowest BCUT2D eigenvalue weighted by Gasteiger charge is -1.89. The number of halogens is 1. The molecule has 1 aromatic rings. The maximum Gasteiger partial charge on any atom is 0.152 e. The summed E-state index contributed by atoms with van der Waals surface area (Å²) < 4.78 is 1.76. The molecule has 0 bridgehead atoms. The Hall–Kier alpha value is -0.570. The molecule has 0 atom stereocenters. The first-order valence-corrected chi connectivity index (χ1v) is 3.75. The fourth-order valence-electron chi connectivity index (χ4n) is 0.768. The third-order valence-electron chi connectivity index (χ3n) is 1.26. The molecule has 1 heterocycles. The number of hydrogen-bond donors (Lipinski definition) is 0. The van der Waals surface area contributed by atoms with Crippen LogP contribution in [-0.2, 0) is 0 Å². The fourth-order valence-corrected chi connectivity index (χ4v) is 1.33. The Morgan fingerprint density at radius 1 is 1.60 bits per heavy atom. The summed E-state index contributed by atoms with van der Waals surface area (Å²) in [5.41, 5.74) is 1.44. The van der Waals surface area contributed by atoms with Crippen LogP contribution in [0, 0.1) is 25.2 Å². The first kappa shape index (κ1) is 7.54. The summed E-state index contributed by atoms with van der Waals surface area (Å²) >= 11 is 2.06. The topological polar surface area (TPSA) is 41.6 Å². The molecule has 0 saturated carbocycles. The Labute approximate surface area is 73.2 Å². The lowest BCUT2D eigenvalue weighted by Crippen LogP contribution is -1.85. The van der Waals surface area contributed by atoms with Crippen LogP contribution < -0.4 is 0 Å². The number of rotatable bonds is 0. The van der Waals surface area contributed by atoms with Crippen molar-refractivity contribution in [1.82, 2.24) is 7.76 Å². The van der Waals surface area contributed by atoms with Gasteiger partial charge in [-0.1, -0.05) is 0 Å². The number of hydrogen-bond acceptors (Lipinski definition) is 2. The Morgan fingerprint density at radius 3 is 2.40 bits per heavy atom. The minimum absolute atomic E-state index is 0.637. The summed E-state index contributed by atoms with van der Waals surface area (Å²) in [7, 11) is 0. The minimum Gasteiger partial charge on any atom is -0.259 e. The quantitative estimate of drug-likeness (QED) is 0.653. The third-order valence-corrected chi connectivity index (χ3v) is 2.44. The molecule has 0 aliphatic rings. The molecule has 3 nitrogen and oxygen atoms in total. The summed E-state index contributed by atoms with van der Waals surface area (Å²) in [5.74, 6) is 0.870. The molecule has 0 amide bonds. The maximum atomic E-state index is 8.60. The van der Waals surface area contributed by atoms with Crippen LogP contribution in [0.25, 0.3) is 0 Å². The van der Waals surface area contributed by atoms with Crippen molar-refractivity contribution in [1.29, 1.82) is 5.26 Å². The lowest BCUT2D eigenvalue weighted by atomic mass is 10.4. The van der Waals surface area contributed by atoms with Gasteiger partial charge in [-0.05, 0) is 13.8 Å². The SMILES string of the molecule is Cc1nc(C)n(I)c1C#N. The van der Waals surface area contributed by atoms with Crippen LogP contribution in [0.1, 0.15) is 17.2 Å². The Bertz CT molecular complexity index is 295. The van der Waals surface area contributed by atoms with Crippen LogP contribution in [0.4, 0.5) is 0 Å². The number of imidazole rings is 1. The first-order chi connectivity index (χ1) is 4.66. The van der Waals surface area contributed by atoms with Crippen molar-refractivity contribution >= 4 is 22.9 Å². The van der Waals surface area contributed by atoms with Crippen molar-refractivity contribution in [3.05, 3.63) is 17.2 Å². The number of aryl methyl sites for hydroxylation is 2. The Kier molecular flexibility index (Phi) is 1.94. The van der Waals surface area contributed by atoms with Gasteiger partial charge in [-0.2, -0.15) is 5.26 Å². The van der Waals surface area contributed by atoms with Gasteiger partial charge in [0.2, 0.25) is 0 Å². The van der Waals surface area contributed by atoms with Gasteiger partial charge in [-0.25, -0.2) is 4.98 Å². The van der Waals surface area contributed by atoms with Crippen molar-refractivity contribution in [3.63, 3.8) is 0 Å². The van der Waals surface area contributed by atoms with Gasteiger partial charge < -0.3 is 0 Å².